The van der Waals surface area contributed by atoms with Crippen molar-refractivity contribution in [2.75, 3.05) is 6.54 Å². The SMILES string of the molecule is CC(C)(C)C[C@H](NC(=O)OC(C)(C)C)C(=O)OC(=O)[C@@H](N)C[C@@H]1CCCNC1=O. The van der Waals surface area contributed by atoms with Gasteiger partial charge in [-0.05, 0) is 51.9 Å². The molecule has 1 aliphatic rings. The smallest absolute Gasteiger partial charge is 0.408 e. The summed E-state index contributed by atoms with van der Waals surface area (Å²) in [5, 5.41) is 5.20. The van der Waals surface area contributed by atoms with Gasteiger partial charge in [0.2, 0.25) is 5.91 Å². The van der Waals surface area contributed by atoms with E-state index in [4.69, 9.17) is 15.2 Å². The number of nitrogens with two attached hydrogens (primary N) is 1. The molecule has 0 radical (unpaired) electrons. The number of alkyl carbamates (subject to hydrolysis) is 1. The van der Waals surface area contributed by atoms with Crippen LogP contribution >= 0.6 is 0 Å². The molecule has 9 nitrogen and oxygen atoms in total. The number of hydrogen-bond donors (Lipinski definition) is 3. The minimum atomic E-state index is -1.11. The van der Waals surface area contributed by atoms with E-state index in [-0.39, 0.29) is 30.1 Å². The molecular formula is C20H35N3O6. The van der Waals surface area contributed by atoms with Gasteiger partial charge < -0.3 is 25.8 Å². The van der Waals surface area contributed by atoms with Gasteiger partial charge in [-0.1, -0.05) is 20.8 Å². The minimum Gasteiger partial charge on any atom is -0.444 e. The molecule has 0 aliphatic carbocycles. The van der Waals surface area contributed by atoms with E-state index in [0.717, 1.165) is 6.42 Å². The summed E-state index contributed by atoms with van der Waals surface area (Å²) in [4.78, 5) is 48.7. The molecule has 1 aliphatic heterocycles. The molecular weight excluding hydrogens is 378 g/mol. The number of carbonyl (C=O) groups is 4. The van der Waals surface area contributed by atoms with Gasteiger partial charge in [-0.25, -0.2) is 14.4 Å². The molecule has 0 saturated carbocycles. The van der Waals surface area contributed by atoms with Crippen molar-refractivity contribution in [2.45, 2.75) is 84.9 Å². The molecule has 1 saturated heterocycles. The molecule has 1 heterocycles. The van der Waals surface area contributed by atoms with Gasteiger partial charge in [-0.2, -0.15) is 0 Å². The molecule has 0 unspecified atom stereocenters. The Morgan fingerprint density at radius 1 is 1.17 bits per heavy atom. The summed E-state index contributed by atoms with van der Waals surface area (Å²) in [6, 6.07) is -2.18. The summed E-state index contributed by atoms with van der Waals surface area (Å²) >= 11 is 0. The van der Waals surface area contributed by atoms with Crippen LogP contribution in [0.3, 0.4) is 0 Å². The Balaban J connectivity index is 2.72. The molecule has 1 fully saturated rings. The van der Waals surface area contributed by atoms with Crippen molar-refractivity contribution in [3.05, 3.63) is 0 Å². The van der Waals surface area contributed by atoms with E-state index in [0.29, 0.717) is 13.0 Å². The van der Waals surface area contributed by atoms with Crippen LogP contribution in [0.4, 0.5) is 4.79 Å². The number of esters is 2. The van der Waals surface area contributed by atoms with Crippen molar-refractivity contribution in [1.29, 1.82) is 0 Å². The van der Waals surface area contributed by atoms with Crippen LogP contribution in [0.25, 0.3) is 0 Å². The predicted octanol–water partition coefficient (Wildman–Crippen LogP) is 1.63. The Bertz CT molecular complexity index is 621. The Labute approximate surface area is 172 Å². The lowest BCUT2D eigenvalue weighted by Crippen LogP contribution is -2.48. The van der Waals surface area contributed by atoms with Gasteiger partial charge in [0.15, 0.2) is 0 Å². The lowest BCUT2D eigenvalue weighted by molar-refractivity contribution is -0.163. The number of rotatable bonds is 6. The Morgan fingerprint density at radius 3 is 2.31 bits per heavy atom. The van der Waals surface area contributed by atoms with E-state index in [1.807, 2.05) is 20.8 Å². The standard InChI is InChI=1S/C20H35N3O6/c1-19(2,3)11-14(23-18(27)29-20(4,5)6)17(26)28-16(25)13(21)10-12-8-7-9-22-15(12)24/h12-14H,7-11,21H2,1-6H3,(H,22,24)(H,23,27)/t12-,13-,14-/m0/s1. The Morgan fingerprint density at radius 2 is 1.79 bits per heavy atom. The third-order valence-electron chi connectivity index (χ3n) is 4.23. The van der Waals surface area contributed by atoms with E-state index >= 15 is 0 Å². The maximum atomic E-state index is 12.5. The summed E-state index contributed by atoms with van der Waals surface area (Å²) in [5.41, 5.74) is 4.79. The normalized spacial score (nSPS) is 19.6. The molecule has 0 bridgehead atoms. The molecule has 29 heavy (non-hydrogen) atoms. The van der Waals surface area contributed by atoms with Crippen LogP contribution in [0.15, 0.2) is 0 Å². The average molecular weight is 414 g/mol. The first-order valence-corrected chi connectivity index (χ1v) is 9.96. The topological polar surface area (TPSA) is 137 Å². The molecule has 0 aromatic rings. The van der Waals surface area contributed by atoms with Crippen molar-refractivity contribution >= 4 is 23.9 Å². The number of amides is 2. The van der Waals surface area contributed by atoms with E-state index in [9.17, 15) is 19.2 Å². The lowest BCUT2D eigenvalue weighted by Gasteiger charge is -2.27. The highest BCUT2D eigenvalue weighted by Crippen LogP contribution is 2.22. The van der Waals surface area contributed by atoms with Crippen LogP contribution in [0, 0.1) is 11.3 Å². The van der Waals surface area contributed by atoms with Crippen LogP contribution < -0.4 is 16.4 Å². The second kappa shape index (κ2) is 10.0. The van der Waals surface area contributed by atoms with Crippen LogP contribution in [-0.2, 0) is 23.9 Å². The third kappa shape index (κ3) is 9.74. The minimum absolute atomic E-state index is 0.0986. The van der Waals surface area contributed by atoms with Crippen molar-refractivity contribution in [3.8, 4) is 0 Å². The lowest BCUT2D eigenvalue weighted by atomic mass is 9.88. The van der Waals surface area contributed by atoms with E-state index in [2.05, 4.69) is 10.6 Å². The molecule has 0 aromatic heterocycles. The maximum absolute atomic E-state index is 12.5. The number of hydrogen-bond acceptors (Lipinski definition) is 7. The van der Waals surface area contributed by atoms with E-state index in [1.54, 1.807) is 20.8 Å². The van der Waals surface area contributed by atoms with Crippen LogP contribution in [0.1, 0.15) is 67.2 Å². The van der Waals surface area contributed by atoms with Gasteiger partial charge in [0, 0.05) is 12.5 Å². The number of nitrogens with one attached hydrogen (secondary N) is 2. The van der Waals surface area contributed by atoms with Crippen LogP contribution in [0.5, 0.6) is 0 Å². The van der Waals surface area contributed by atoms with Gasteiger partial charge in [0.25, 0.3) is 0 Å². The zero-order valence-electron chi connectivity index (χ0n) is 18.3. The van der Waals surface area contributed by atoms with Crippen LogP contribution in [0.2, 0.25) is 0 Å². The second-order valence-corrected chi connectivity index (χ2v) is 9.68. The molecule has 2 amide bonds. The van der Waals surface area contributed by atoms with E-state index in [1.165, 1.54) is 0 Å². The summed E-state index contributed by atoms with van der Waals surface area (Å²) in [5.74, 6) is -2.35. The highest BCUT2D eigenvalue weighted by atomic mass is 16.6. The quantitative estimate of drug-likeness (QED) is 0.444. The first-order valence-electron chi connectivity index (χ1n) is 9.96. The second-order valence-electron chi connectivity index (χ2n) is 9.68. The molecule has 1 rings (SSSR count). The maximum Gasteiger partial charge on any atom is 0.408 e. The van der Waals surface area contributed by atoms with Gasteiger partial charge in [-0.3, -0.25) is 4.79 Å². The summed E-state index contributed by atoms with van der Waals surface area (Å²) in [7, 11) is 0. The molecule has 4 N–H and O–H groups in total. The fraction of sp³-hybridized carbons (Fsp3) is 0.800. The summed E-state index contributed by atoms with van der Waals surface area (Å²) in [6.45, 7) is 11.4. The first-order chi connectivity index (χ1) is 13.2. The van der Waals surface area contributed by atoms with Crippen molar-refractivity contribution in [2.24, 2.45) is 17.1 Å². The molecule has 3 atom stereocenters. The third-order valence-corrected chi connectivity index (χ3v) is 4.23. The largest absolute Gasteiger partial charge is 0.444 e. The summed E-state index contributed by atoms with van der Waals surface area (Å²) in [6.07, 6.45) is 0.998. The fourth-order valence-electron chi connectivity index (χ4n) is 2.96. The van der Waals surface area contributed by atoms with Gasteiger partial charge in [0.05, 0.1) is 0 Å². The first kappa shape index (κ1) is 24.9. The molecule has 166 valence electrons. The van der Waals surface area contributed by atoms with Crippen molar-refractivity contribution in [1.82, 2.24) is 10.6 Å². The number of ether oxygens (including phenoxy) is 2. The molecule has 9 heteroatoms. The fourth-order valence-corrected chi connectivity index (χ4v) is 2.96. The molecule has 0 spiro atoms. The highest BCUT2D eigenvalue weighted by Gasteiger charge is 2.33. The molecule has 0 aromatic carbocycles. The van der Waals surface area contributed by atoms with Gasteiger partial charge in [-0.15, -0.1) is 0 Å². The number of piperidine rings is 1. The monoisotopic (exact) mass is 413 g/mol. The van der Waals surface area contributed by atoms with Gasteiger partial charge >= 0.3 is 18.0 Å². The highest BCUT2D eigenvalue weighted by molar-refractivity contribution is 5.92. The zero-order chi connectivity index (χ0) is 22.4. The van der Waals surface area contributed by atoms with Crippen molar-refractivity contribution in [3.63, 3.8) is 0 Å². The van der Waals surface area contributed by atoms with Crippen molar-refractivity contribution < 1.29 is 28.7 Å². The number of carbonyl (C=O) groups excluding carboxylic acids is 4. The summed E-state index contributed by atoms with van der Waals surface area (Å²) < 4.78 is 10.1. The predicted molar refractivity (Wildman–Crippen MR) is 107 cm³/mol. The average Bonchev–Trinajstić information content (AvgIpc) is 2.53. The van der Waals surface area contributed by atoms with Crippen LogP contribution in [-0.4, -0.2) is 48.2 Å². The Kier molecular flexibility index (Phi) is 8.62. The van der Waals surface area contributed by atoms with Gasteiger partial charge in [0.1, 0.15) is 17.7 Å². The van der Waals surface area contributed by atoms with E-state index < -0.39 is 35.7 Å². The zero-order valence-corrected chi connectivity index (χ0v) is 18.3. The Hall–Kier alpha value is -2.16.